The Hall–Kier alpha value is -1.40. The number of carbonyl (C=O) groups excluding carboxylic acids is 1. The second kappa shape index (κ2) is 5.55. The highest BCUT2D eigenvalue weighted by molar-refractivity contribution is 6.61. The van der Waals surface area contributed by atoms with Gasteiger partial charge in [0, 0.05) is 6.20 Å². The highest BCUT2D eigenvalue weighted by atomic mass is 16.7. The third-order valence-electron chi connectivity index (χ3n) is 6.47. The van der Waals surface area contributed by atoms with Crippen LogP contribution in [0.3, 0.4) is 0 Å². The van der Waals surface area contributed by atoms with E-state index in [9.17, 15) is 4.79 Å². The molecule has 1 aromatic heterocycles. The molecule has 1 aliphatic heterocycles. The normalized spacial score (nSPS) is 34.8. The van der Waals surface area contributed by atoms with Gasteiger partial charge in [0.05, 0.1) is 22.9 Å². The number of aromatic nitrogens is 1. The van der Waals surface area contributed by atoms with Crippen molar-refractivity contribution in [2.24, 2.45) is 17.3 Å². The minimum absolute atomic E-state index is 0.111. The van der Waals surface area contributed by atoms with Gasteiger partial charge in [-0.1, -0.05) is 13.8 Å². The summed E-state index contributed by atoms with van der Waals surface area (Å²) >= 11 is 0. The van der Waals surface area contributed by atoms with Crippen LogP contribution in [0.1, 0.15) is 64.7 Å². The van der Waals surface area contributed by atoms with Crippen molar-refractivity contribution in [2.75, 3.05) is 0 Å². The molecule has 1 saturated heterocycles. The van der Waals surface area contributed by atoms with Crippen molar-refractivity contribution < 1.29 is 18.8 Å². The topological polar surface area (TPSA) is 57.7 Å². The van der Waals surface area contributed by atoms with Gasteiger partial charge < -0.3 is 14.0 Å². The SMILES string of the molecule is CC(C)(C)OC(=O)c1ccc(B2OC3[C@@H]4C[C@H](C[C@]3(C)O2)C4(C)C)nc1. The molecule has 140 valence electrons. The average molecular weight is 357 g/mol. The molecule has 0 spiro atoms. The fourth-order valence-corrected chi connectivity index (χ4v) is 4.84. The lowest BCUT2D eigenvalue weighted by atomic mass is 9.45. The summed E-state index contributed by atoms with van der Waals surface area (Å²) < 4.78 is 18.0. The first kappa shape index (κ1) is 18.0. The summed E-state index contributed by atoms with van der Waals surface area (Å²) in [4.78, 5) is 16.6. The van der Waals surface area contributed by atoms with E-state index in [0.717, 1.165) is 6.42 Å². The van der Waals surface area contributed by atoms with Crippen molar-refractivity contribution in [3.05, 3.63) is 23.9 Å². The number of carbonyl (C=O) groups is 1. The summed E-state index contributed by atoms with van der Waals surface area (Å²) in [6.45, 7) is 12.4. The molecule has 2 heterocycles. The molecule has 26 heavy (non-hydrogen) atoms. The lowest BCUT2D eigenvalue weighted by molar-refractivity contribution is -0.185. The van der Waals surface area contributed by atoms with Crippen molar-refractivity contribution in [1.82, 2.24) is 4.98 Å². The van der Waals surface area contributed by atoms with Crippen LogP contribution in [-0.4, -0.2) is 35.4 Å². The molecule has 4 atom stereocenters. The Labute approximate surface area is 156 Å². The van der Waals surface area contributed by atoms with E-state index in [1.807, 2.05) is 20.8 Å². The third-order valence-corrected chi connectivity index (χ3v) is 6.47. The average Bonchev–Trinajstić information content (AvgIpc) is 2.90. The van der Waals surface area contributed by atoms with Gasteiger partial charge in [0.2, 0.25) is 0 Å². The van der Waals surface area contributed by atoms with E-state index in [4.69, 9.17) is 14.0 Å². The predicted molar refractivity (Wildman–Crippen MR) is 99.2 cm³/mol. The molecule has 0 aromatic carbocycles. The van der Waals surface area contributed by atoms with Gasteiger partial charge in [-0.05, 0) is 69.9 Å². The van der Waals surface area contributed by atoms with Crippen molar-refractivity contribution in [2.45, 2.75) is 71.7 Å². The molecule has 3 saturated carbocycles. The van der Waals surface area contributed by atoms with Gasteiger partial charge in [0.25, 0.3) is 0 Å². The second-order valence-corrected chi connectivity index (χ2v) is 9.86. The zero-order valence-electron chi connectivity index (χ0n) is 16.5. The van der Waals surface area contributed by atoms with E-state index in [-0.39, 0.29) is 17.7 Å². The van der Waals surface area contributed by atoms with E-state index < -0.39 is 12.7 Å². The van der Waals surface area contributed by atoms with Crippen molar-refractivity contribution in [3.8, 4) is 0 Å². The Morgan fingerprint density at radius 2 is 2.04 bits per heavy atom. The molecule has 4 aliphatic rings. The van der Waals surface area contributed by atoms with Gasteiger partial charge in [-0.3, -0.25) is 4.98 Å². The molecule has 0 radical (unpaired) electrons. The molecule has 6 heteroatoms. The molecule has 3 aliphatic carbocycles. The Balaban J connectivity index is 1.49. The van der Waals surface area contributed by atoms with E-state index in [2.05, 4.69) is 25.8 Å². The summed E-state index contributed by atoms with van der Waals surface area (Å²) in [6.07, 6.45) is 3.92. The molecule has 2 bridgehead atoms. The maximum Gasteiger partial charge on any atom is 0.514 e. The molecular formula is C20H28BNO4. The number of pyridine rings is 1. The molecule has 1 aromatic rings. The lowest BCUT2D eigenvalue weighted by Gasteiger charge is -2.63. The first-order valence-corrected chi connectivity index (χ1v) is 9.52. The van der Waals surface area contributed by atoms with Crippen LogP contribution in [0.5, 0.6) is 0 Å². The molecule has 5 nitrogen and oxygen atoms in total. The Morgan fingerprint density at radius 3 is 2.62 bits per heavy atom. The molecular weight excluding hydrogens is 329 g/mol. The molecule has 0 amide bonds. The standard InChI is InChI=1S/C20H28BNO4/c1-18(2,3)24-17(23)12-7-8-15(22-11-12)21-25-16-14-9-13(19(14,4)5)10-20(16,6)26-21/h7-8,11,13-14,16H,9-10H2,1-6H3/t13-,14+,16?,20+/m1/s1. The van der Waals surface area contributed by atoms with Crippen LogP contribution >= 0.6 is 0 Å². The van der Waals surface area contributed by atoms with E-state index in [0.29, 0.717) is 28.4 Å². The Bertz CT molecular complexity index is 726. The van der Waals surface area contributed by atoms with Gasteiger partial charge in [-0.25, -0.2) is 4.79 Å². The maximum atomic E-state index is 12.1. The predicted octanol–water partition coefficient (Wildman–Crippen LogP) is 2.97. The van der Waals surface area contributed by atoms with Gasteiger partial charge >= 0.3 is 13.1 Å². The smallest absolute Gasteiger partial charge is 0.456 e. The maximum absolute atomic E-state index is 12.1. The van der Waals surface area contributed by atoms with Crippen LogP contribution in [0.25, 0.3) is 0 Å². The molecule has 0 N–H and O–H groups in total. The highest BCUT2D eigenvalue weighted by Gasteiger charge is 2.67. The summed E-state index contributed by atoms with van der Waals surface area (Å²) in [7, 11) is -0.465. The quantitative estimate of drug-likeness (QED) is 0.602. The van der Waals surface area contributed by atoms with Crippen molar-refractivity contribution in [3.63, 3.8) is 0 Å². The summed E-state index contributed by atoms with van der Waals surface area (Å²) in [5.41, 5.74) is 0.720. The van der Waals surface area contributed by atoms with E-state index in [1.54, 1.807) is 18.3 Å². The van der Waals surface area contributed by atoms with Gasteiger partial charge in [-0.15, -0.1) is 0 Å². The number of rotatable bonds is 2. The number of ether oxygens (including phenoxy) is 1. The second-order valence-electron chi connectivity index (χ2n) is 9.86. The Morgan fingerprint density at radius 1 is 1.31 bits per heavy atom. The minimum atomic E-state index is -0.522. The highest BCUT2D eigenvalue weighted by Crippen LogP contribution is 2.64. The minimum Gasteiger partial charge on any atom is -0.456 e. The van der Waals surface area contributed by atoms with Crippen LogP contribution in [-0.2, 0) is 14.0 Å². The largest absolute Gasteiger partial charge is 0.514 e. The summed E-state index contributed by atoms with van der Waals surface area (Å²) in [5.74, 6) is 0.879. The summed E-state index contributed by atoms with van der Waals surface area (Å²) in [5, 5.41) is 0. The molecule has 1 unspecified atom stereocenters. The zero-order valence-corrected chi connectivity index (χ0v) is 16.5. The van der Waals surface area contributed by atoms with Crippen LogP contribution in [0, 0.1) is 17.3 Å². The van der Waals surface area contributed by atoms with Crippen LogP contribution in [0.15, 0.2) is 18.3 Å². The number of hydrogen-bond acceptors (Lipinski definition) is 5. The Kier molecular flexibility index (Phi) is 3.84. The molecule has 4 fully saturated rings. The van der Waals surface area contributed by atoms with Gasteiger partial charge in [0.15, 0.2) is 0 Å². The van der Waals surface area contributed by atoms with Crippen LogP contribution in [0.2, 0.25) is 0 Å². The van der Waals surface area contributed by atoms with Crippen molar-refractivity contribution in [1.29, 1.82) is 0 Å². The monoisotopic (exact) mass is 357 g/mol. The number of nitrogens with zero attached hydrogens (tertiary/aromatic N) is 1. The lowest BCUT2D eigenvalue weighted by Crippen LogP contribution is -2.63. The fourth-order valence-electron chi connectivity index (χ4n) is 4.84. The van der Waals surface area contributed by atoms with E-state index in [1.165, 1.54) is 6.42 Å². The third kappa shape index (κ3) is 2.78. The first-order chi connectivity index (χ1) is 12.0. The number of esters is 1. The molecule has 5 rings (SSSR count). The van der Waals surface area contributed by atoms with E-state index >= 15 is 0 Å². The van der Waals surface area contributed by atoms with Gasteiger partial charge in [-0.2, -0.15) is 0 Å². The van der Waals surface area contributed by atoms with Crippen LogP contribution in [0.4, 0.5) is 0 Å². The van der Waals surface area contributed by atoms with Crippen LogP contribution < -0.4 is 5.59 Å². The van der Waals surface area contributed by atoms with Gasteiger partial charge in [0.1, 0.15) is 5.60 Å². The summed E-state index contributed by atoms with van der Waals surface area (Å²) in [6, 6.07) is 3.54. The van der Waals surface area contributed by atoms with Crippen molar-refractivity contribution >= 4 is 18.7 Å². The first-order valence-electron chi connectivity index (χ1n) is 9.52. The fraction of sp³-hybridized carbons (Fsp3) is 0.700. The number of hydrogen-bond donors (Lipinski definition) is 0. The zero-order chi connectivity index (χ0) is 18.9.